The lowest BCUT2D eigenvalue weighted by molar-refractivity contribution is -0.385. The Kier molecular flexibility index (Phi) is 6.09. The van der Waals surface area contributed by atoms with Crippen LogP contribution in [-0.4, -0.2) is 46.0 Å². The van der Waals surface area contributed by atoms with Crippen LogP contribution in [0.1, 0.15) is 26.0 Å². The van der Waals surface area contributed by atoms with E-state index in [0.29, 0.717) is 12.6 Å². The van der Waals surface area contributed by atoms with E-state index in [-0.39, 0.29) is 22.5 Å². The Morgan fingerprint density at radius 1 is 1.50 bits per heavy atom. The summed E-state index contributed by atoms with van der Waals surface area (Å²) in [4.78, 5) is 20.4. The SMILES string of the molecule is CCC(C)N(C)CCNc1nc(Cl)nc(C)c1[N+](=O)[O-]. The van der Waals surface area contributed by atoms with Crippen molar-refractivity contribution >= 4 is 23.1 Å². The standard InChI is InChI=1S/C12H20ClN5O2/c1-5-8(2)17(4)7-6-14-11-10(18(19)20)9(3)15-12(13)16-11/h8H,5-7H2,1-4H3,(H,14,15,16). The fourth-order valence-corrected chi connectivity index (χ4v) is 1.97. The second-order valence-corrected chi connectivity index (χ2v) is 5.04. The number of aromatic nitrogens is 2. The molecule has 1 aromatic rings. The van der Waals surface area contributed by atoms with E-state index in [1.165, 1.54) is 0 Å². The van der Waals surface area contributed by atoms with Crippen molar-refractivity contribution in [1.82, 2.24) is 14.9 Å². The van der Waals surface area contributed by atoms with E-state index in [2.05, 4.69) is 34.0 Å². The number of hydrogen-bond donors (Lipinski definition) is 1. The van der Waals surface area contributed by atoms with Gasteiger partial charge in [0.1, 0.15) is 5.69 Å². The highest BCUT2D eigenvalue weighted by Crippen LogP contribution is 2.26. The topological polar surface area (TPSA) is 84.2 Å². The van der Waals surface area contributed by atoms with Gasteiger partial charge in [-0.3, -0.25) is 10.1 Å². The highest BCUT2D eigenvalue weighted by atomic mass is 35.5. The Morgan fingerprint density at radius 3 is 2.70 bits per heavy atom. The van der Waals surface area contributed by atoms with Gasteiger partial charge in [-0.25, -0.2) is 4.98 Å². The normalized spacial score (nSPS) is 12.5. The molecule has 1 unspecified atom stereocenters. The number of aryl methyl sites for hydroxylation is 1. The zero-order chi connectivity index (χ0) is 15.3. The number of likely N-dealkylation sites (N-methyl/N-ethyl adjacent to an activating group) is 1. The van der Waals surface area contributed by atoms with Crippen LogP contribution in [-0.2, 0) is 0 Å². The van der Waals surface area contributed by atoms with Gasteiger partial charge in [-0.1, -0.05) is 6.92 Å². The molecule has 0 aromatic carbocycles. The number of anilines is 1. The van der Waals surface area contributed by atoms with Crippen molar-refractivity contribution in [2.45, 2.75) is 33.2 Å². The van der Waals surface area contributed by atoms with Gasteiger partial charge >= 0.3 is 5.69 Å². The molecule has 0 radical (unpaired) electrons. The van der Waals surface area contributed by atoms with Gasteiger partial charge in [-0.05, 0) is 38.9 Å². The summed E-state index contributed by atoms with van der Waals surface area (Å²) in [6.07, 6.45) is 1.05. The van der Waals surface area contributed by atoms with Gasteiger partial charge in [0.2, 0.25) is 11.1 Å². The van der Waals surface area contributed by atoms with Crippen molar-refractivity contribution in [1.29, 1.82) is 0 Å². The molecule has 1 atom stereocenters. The number of halogens is 1. The van der Waals surface area contributed by atoms with Crippen molar-refractivity contribution in [3.05, 3.63) is 21.1 Å². The van der Waals surface area contributed by atoms with Gasteiger partial charge in [0.05, 0.1) is 4.92 Å². The van der Waals surface area contributed by atoms with E-state index in [4.69, 9.17) is 11.6 Å². The van der Waals surface area contributed by atoms with E-state index in [1.54, 1.807) is 6.92 Å². The Balaban J connectivity index is 2.75. The first kappa shape index (κ1) is 16.6. The summed E-state index contributed by atoms with van der Waals surface area (Å²) in [5.74, 6) is 0.171. The van der Waals surface area contributed by atoms with Crippen molar-refractivity contribution in [3.8, 4) is 0 Å². The minimum absolute atomic E-state index is 0.00545. The first-order chi connectivity index (χ1) is 9.36. The highest BCUT2D eigenvalue weighted by molar-refractivity contribution is 6.28. The number of nitro groups is 1. The summed E-state index contributed by atoms with van der Waals surface area (Å²) in [7, 11) is 2.02. The van der Waals surface area contributed by atoms with Gasteiger partial charge in [0.15, 0.2) is 0 Å². The number of rotatable bonds is 7. The molecule has 1 rings (SSSR count). The average Bonchev–Trinajstić information content (AvgIpc) is 2.36. The summed E-state index contributed by atoms with van der Waals surface area (Å²) in [5, 5.41) is 14.0. The molecule has 0 aliphatic heterocycles. The predicted octanol–water partition coefficient (Wildman–Crippen LogP) is 2.49. The van der Waals surface area contributed by atoms with E-state index in [9.17, 15) is 10.1 Å². The second-order valence-electron chi connectivity index (χ2n) is 4.70. The zero-order valence-corrected chi connectivity index (χ0v) is 12.9. The lowest BCUT2D eigenvalue weighted by Crippen LogP contribution is -2.32. The maximum absolute atomic E-state index is 11.0. The molecule has 0 aliphatic rings. The molecule has 0 saturated carbocycles. The fourth-order valence-electron chi connectivity index (χ4n) is 1.76. The van der Waals surface area contributed by atoms with Crippen LogP contribution in [0.4, 0.5) is 11.5 Å². The third-order valence-electron chi connectivity index (χ3n) is 3.31. The highest BCUT2D eigenvalue weighted by Gasteiger charge is 2.21. The third kappa shape index (κ3) is 4.28. The lowest BCUT2D eigenvalue weighted by Gasteiger charge is -2.23. The van der Waals surface area contributed by atoms with Gasteiger partial charge in [0, 0.05) is 19.1 Å². The molecule has 7 nitrogen and oxygen atoms in total. The minimum atomic E-state index is -0.494. The van der Waals surface area contributed by atoms with Crippen LogP contribution < -0.4 is 5.32 Å². The molecule has 1 N–H and O–H groups in total. The molecule has 112 valence electrons. The van der Waals surface area contributed by atoms with Crippen LogP contribution in [0, 0.1) is 17.0 Å². The van der Waals surface area contributed by atoms with Crippen LogP contribution in [0.2, 0.25) is 5.28 Å². The zero-order valence-electron chi connectivity index (χ0n) is 12.2. The van der Waals surface area contributed by atoms with Crippen LogP contribution in [0.3, 0.4) is 0 Å². The quantitative estimate of drug-likeness (QED) is 0.473. The predicted molar refractivity (Wildman–Crippen MR) is 79.3 cm³/mol. The van der Waals surface area contributed by atoms with Gasteiger partial charge in [-0.15, -0.1) is 0 Å². The lowest BCUT2D eigenvalue weighted by atomic mass is 10.2. The monoisotopic (exact) mass is 301 g/mol. The summed E-state index contributed by atoms with van der Waals surface area (Å²) in [5.41, 5.74) is 0.133. The average molecular weight is 302 g/mol. The van der Waals surface area contributed by atoms with Crippen LogP contribution >= 0.6 is 11.6 Å². The first-order valence-corrected chi connectivity index (χ1v) is 6.87. The van der Waals surface area contributed by atoms with Crippen molar-refractivity contribution < 1.29 is 4.92 Å². The Morgan fingerprint density at radius 2 is 2.15 bits per heavy atom. The maximum Gasteiger partial charge on any atom is 0.332 e. The van der Waals surface area contributed by atoms with Crippen LogP contribution in [0.15, 0.2) is 0 Å². The summed E-state index contributed by atoms with van der Waals surface area (Å²) < 4.78 is 0. The molecule has 0 fully saturated rings. The van der Waals surface area contributed by atoms with Gasteiger partial charge in [0.25, 0.3) is 0 Å². The van der Waals surface area contributed by atoms with E-state index in [0.717, 1.165) is 13.0 Å². The van der Waals surface area contributed by atoms with E-state index in [1.807, 2.05) is 7.05 Å². The second kappa shape index (κ2) is 7.35. The number of nitrogens with one attached hydrogen (secondary N) is 1. The van der Waals surface area contributed by atoms with Gasteiger partial charge < -0.3 is 10.2 Å². The van der Waals surface area contributed by atoms with E-state index < -0.39 is 4.92 Å². The molecule has 0 aliphatic carbocycles. The fraction of sp³-hybridized carbons (Fsp3) is 0.667. The largest absolute Gasteiger partial charge is 0.363 e. The Bertz CT molecular complexity index is 483. The Labute approximate surface area is 123 Å². The smallest absolute Gasteiger partial charge is 0.332 e. The molecular weight excluding hydrogens is 282 g/mol. The van der Waals surface area contributed by atoms with Gasteiger partial charge in [-0.2, -0.15) is 4.98 Å². The van der Waals surface area contributed by atoms with Crippen LogP contribution in [0.5, 0.6) is 0 Å². The van der Waals surface area contributed by atoms with E-state index >= 15 is 0 Å². The summed E-state index contributed by atoms with van der Waals surface area (Å²) >= 11 is 5.75. The Hall–Kier alpha value is -1.47. The maximum atomic E-state index is 11.0. The molecule has 1 heterocycles. The minimum Gasteiger partial charge on any atom is -0.363 e. The molecule has 0 amide bonds. The molecule has 0 spiro atoms. The number of hydrogen-bond acceptors (Lipinski definition) is 6. The molecule has 20 heavy (non-hydrogen) atoms. The molecular formula is C12H20ClN5O2. The molecule has 1 aromatic heterocycles. The molecule has 0 bridgehead atoms. The van der Waals surface area contributed by atoms with Crippen LogP contribution in [0.25, 0.3) is 0 Å². The first-order valence-electron chi connectivity index (χ1n) is 6.49. The summed E-state index contributed by atoms with van der Waals surface area (Å²) in [6.45, 7) is 7.10. The molecule has 0 saturated heterocycles. The van der Waals surface area contributed by atoms with Crippen molar-refractivity contribution in [2.75, 3.05) is 25.5 Å². The van der Waals surface area contributed by atoms with Crippen molar-refractivity contribution in [2.24, 2.45) is 0 Å². The molecule has 8 heteroatoms. The third-order valence-corrected chi connectivity index (χ3v) is 3.48. The summed E-state index contributed by atoms with van der Waals surface area (Å²) in [6, 6.07) is 0.461. The number of nitrogens with zero attached hydrogens (tertiary/aromatic N) is 4. The van der Waals surface area contributed by atoms with Crippen molar-refractivity contribution in [3.63, 3.8) is 0 Å².